The molecule has 0 unspecified atom stereocenters. The Labute approximate surface area is 121 Å². The molecule has 3 aromatic rings. The van der Waals surface area contributed by atoms with E-state index in [4.69, 9.17) is 9.72 Å². The lowest BCUT2D eigenvalue weighted by molar-refractivity contribution is 0.122. The van der Waals surface area contributed by atoms with Crippen LogP contribution >= 0.6 is 0 Å². The molecule has 0 saturated carbocycles. The van der Waals surface area contributed by atoms with Crippen molar-refractivity contribution in [2.45, 2.75) is 0 Å². The first-order chi connectivity index (χ1) is 10.4. The predicted octanol–water partition coefficient (Wildman–Crippen LogP) is 1.86. The van der Waals surface area contributed by atoms with E-state index in [1.165, 1.54) is 0 Å². The van der Waals surface area contributed by atoms with Crippen LogP contribution in [0.4, 0.5) is 5.82 Å². The molecule has 1 aliphatic rings. The van der Waals surface area contributed by atoms with Gasteiger partial charge >= 0.3 is 0 Å². The number of H-pyrrole nitrogens is 1. The third kappa shape index (κ3) is 2.23. The number of para-hydroxylation sites is 1. The topological polar surface area (TPSA) is 66.9 Å². The molecule has 106 valence electrons. The predicted molar refractivity (Wildman–Crippen MR) is 80.2 cm³/mol. The Bertz CT molecular complexity index is 763. The van der Waals surface area contributed by atoms with Crippen molar-refractivity contribution in [3.63, 3.8) is 0 Å². The standard InChI is InChI=1S/C15H15N5O/c1-2-4-12-11(3-1)5-6-13(16-12)14-15(18-19-17-14)20-7-9-21-10-8-20/h1-6H,7-10H2,(H,17,18,19). The fourth-order valence-corrected chi connectivity index (χ4v) is 2.59. The van der Waals surface area contributed by atoms with Crippen LogP contribution in [0.1, 0.15) is 0 Å². The molecule has 1 N–H and O–H groups in total. The Hall–Kier alpha value is -2.47. The Balaban J connectivity index is 1.76. The third-order valence-corrected chi connectivity index (χ3v) is 3.68. The number of nitrogens with one attached hydrogen (secondary N) is 1. The van der Waals surface area contributed by atoms with Crippen LogP contribution in [0.3, 0.4) is 0 Å². The number of hydrogen-bond acceptors (Lipinski definition) is 5. The lowest BCUT2D eigenvalue weighted by Crippen LogP contribution is -2.36. The molecule has 0 atom stereocenters. The number of anilines is 1. The lowest BCUT2D eigenvalue weighted by Gasteiger charge is -2.26. The molecule has 6 nitrogen and oxygen atoms in total. The summed E-state index contributed by atoms with van der Waals surface area (Å²) in [6.07, 6.45) is 0. The van der Waals surface area contributed by atoms with E-state index in [0.717, 1.165) is 54.4 Å². The summed E-state index contributed by atoms with van der Waals surface area (Å²) in [4.78, 5) is 6.87. The molecule has 4 rings (SSSR count). The van der Waals surface area contributed by atoms with Crippen LogP contribution < -0.4 is 4.90 Å². The number of nitrogens with zero attached hydrogens (tertiary/aromatic N) is 4. The number of aromatic nitrogens is 4. The van der Waals surface area contributed by atoms with Gasteiger partial charge in [-0.3, -0.25) is 0 Å². The average molecular weight is 281 g/mol. The van der Waals surface area contributed by atoms with Crippen molar-refractivity contribution < 1.29 is 4.74 Å². The highest BCUT2D eigenvalue weighted by atomic mass is 16.5. The van der Waals surface area contributed by atoms with Gasteiger partial charge in [0.1, 0.15) is 0 Å². The first-order valence-corrected chi connectivity index (χ1v) is 7.01. The van der Waals surface area contributed by atoms with Crippen molar-refractivity contribution in [2.75, 3.05) is 31.2 Å². The second kappa shape index (κ2) is 5.14. The smallest absolute Gasteiger partial charge is 0.180 e. The number of benzene rings is 1. The van der Waals surface area contributed by atoms with E-state index in [1.54, 1.807) is 0 Å². The summed E-state index contributed by atoms with van der Waals surface area (Å²) in [6.45, 7) is 3.09. The van der Waals surface area contributed by atoms with Gasteiger partial charge in [0.15, 0.2) is 11.5 Å². The maximum absolute atomic E-state index is 5.39. The average Bonchev–Trinajstić information content (AvgIpc) is 3.05. The minimum Gasteiger partial charge on any atom is -0.378 e. The van der Waals surface area contributed by atoms with Gasteiger partial charge in [0.2, 0.25) is 0 Å². The Morgan fingerprint density at radius 3 is 2.76 bits per heavy atom. The van der Waals surface area contributed by atoms with Crippen LogP contribution in [0.15, 0.2) is 36.4 Å². The molecule has 0 radical (unpaired) electrons. The van der Waals surface area contributed by atoms with Crippen LogP contribution in [0.2, 0.25) is 0 Å². The highest BCUT2D eigenvalue weighted by Crippen LogP contribution is 2.27. The van der Waals surface area contributed by atoms with E-state index in [-0.39, 0.29) is 0 Å². The number of hydrogen-bond donors (Lipinski definition) is 1. The second-order valence-electron chi connectivity index (χ2n) is 4.98. The fourth-order valence-electron chi connectivity index (χ4n) is 2.59. The van der Waals surface area contributed by atoms with Gasteiger partial charge in [-0.1, -0.05) is 24.3 Å². The zero-order valence-corrected chi connectivity index (χ0v) is 11.5. The van der Waals surface area contributed by atoms with Crippen molar-refractivity contribution in [1.29, 1.82) is 0 Å². The Morgan fingerprint density at radius 2 is 1.86 bits per heavy atom. The van der Waals surface area contributed by atoms with Gasteiger partial charge in [0, 0.05) is 18.5 Å². The molecule has 1 saturated heterocycles. The quantitative estimate of drug-likeness (QED) is 0.776. The molecular formula is C15H15N5O. The number of pyridine rings is 1. The summed E-state index contributed by atoms with van der Waals surface area (Å²) in [6, 6.07) is 12.1. The normalized spacial score (nSPS) is 15.5. The zero-order chi connectivity index (χ0) is 14.1. The molecule has 0 spiro atoms. The van der Waals surface area contributed by atoms with Gasteiger partial charge in [-0.05, 0) is 12.1 Å². The van der Waals surface area contributed by atoms with Gasteiger partial charge < -0.3 is 9.64 Å². The van der Waals surface area contributed by atoms with Gasteiger partial charge in [-0.2, -0.15) is 10.3 Å². The SMILES string of the molecule is c1ccc2nc(-c3n[nH]nc3N3CCOCC3)ccc2c1. The summed E-state index contributed by atoms with van der Waals surface area (Å²) < 4.78 is 5.39. The first kappa shape index (κ1) is 12.3. The molecule has 21 heavy (non-hydrogen) atoms. The molecular weight excluding hydrogens is 266 g/mol. The highest BCUT2D eigenvalue weighted by molar-refractivity contribution is 5.82. The van der Waals surface area contributed by atoms with E-state index in [0.29, 0.717) is 0 Å². The van der Waals surface area contributed by atoms with E-state index in [9.17, 15) is 0 Å². The highest BCUT2D eigenvalue weighted by Gasteiger charge is 2.20. The van der Waals surface area contributed by atoms with Crippen LogP contribution in [-0.4, -0.2) is 46.7 Å². The van der Waals surface area contributed by atoms with Gasteiger partial charge in [0.25, 0.3) is 0 Å². The van der Waals surface area contributed by atoms with Crippen molar-refractivity contribution in [1.82, 2.24) is 20.4 Å². The molecule has 2 aromatic heterocycles. The maximum atomic E-state index is 5.39. The Morgan fingerprint density at radius 1 is 1.00 bits per heavy atom. The number of ether oxygens (including phenoxy) is 1. The van der Waals surface area contributed by atoms with Crippen molar-refractivity contribution in [3.8, 4) is 11.4 Å². The van der Waals surface area contributed by atoms with Crippen LogP contribution in [0.25, 0.3) is 22.3 Å². The monoisotopic (exact) mass is 281 g/mol. The van der Waals surface area contributed by atoms with Gasteiger partial charge in [-0.15, -0.1) is 5.10 Å². The molecule has 0 bridgehead atoms. The second-order valence-corrected chi connectivity index (χ2v) is 4.98. The van der Waals surface area contributed by atoms with Gasteiger partial charge in [0.05, 0.1) is 24.4 Å². The van der Waals surface area contributed by atoms with E-state index in [1.807, 2.05) is 24.3 Å². The molecule has 1 fully saturated rings. The largest absolute Gasteiger partial charge is 0.378 e. The van der Waals surface area contributed by atoms with Crippen LogP contribution in [0, 0.1) is 0 Å². The third-order valence-electron chi connectivity index (χ3n) is 3.68. The summed E-state index contributed by atoms with van der Waals surface area (Å²) in [7, 11) is 0. The fraction of sp³-hybridized carbons (Fsp3) is 0.267. The molecule has 1 aliphatic heterocycles. The maximum Gasteiger partial charge on any atom is 0.180 e. The van der Waals surface area contributed by atoms with Crippen LogP contribution in [-0.2, 0) is 4.74 Å². The summed E-state index contributed by atoms with van der Waals surface area (Å²) in [5.41, 5.74) is 2.59. The zero-order valence-electron chi connectivity index (χ0n) is 11.5. The summed E-state index contributed by atoms with van der Waals surface area (Å²) in [5, 5.41) is 12.4. The van der Waals surface area contributed by atoms with E-state index in [2.05, 4.69) is 32.4 Å². The number of fused-ring (bicyclic) bond motifs is 1. The molecule has 1 aromatic carbocycles. The first-order valence-electron chi connectivity index (χ1n) is 7.01. The lowest BCUT2D eigenvalue weighted by atomic mass is 10.2. The molecule has 6 heteroatoms. The molecule has 3 heterocycles. The summed E-state index contributed by atoms with van der Waals surface area (Å²) in [5.74, 6) is 0.848. The van der Waals surface area contributed by atoms with E-state index >= 15 is 0 Å². The van der Waals surface area contributed by atoms with Gasteiger partial charge in [-0.25, -0.2) is 4.98 Å². The number of morpholine rings is 1. The summed E-state index contributed by atoms with van der Waals surface area (Å²) >= 11 is 0. The minimum absolute atomic E-state index is 0.720. The Kier molecular flexibility index (Phi) is 3.01. The van der Waals surface area contributed by atoms with E-state index < -0.39 is 0 Å². The number of rotatable bonds is 2. The number of aromatic amines is 1. The molecule has 0 amide bonds. The van der Waals surface area contributed by atoms with Crippen molar-refractivity contribution in [2.24, 2.45) is 0 Å². The van der Waals surface area contributed by atoms with Crippen molar-refractivity contribution >= 4 is 16.7 Å². The van der Waals surface area contributed by atoms with Crippen molar-refractivity contribution in [3.05, 3.63) is 36.4 Å². The molecule has 0 aliphatic carbocycles. The van der Waals surface area contributed by atoms with Crippen LogP contribution in [0.5, 0.6) is 0 Å². The minimum atomic E-state index is 0.720.